The number of hydrogen-bond donors (Lipinski definition) is 1. The van der Waals surface area contributed by atoms with Gasteiger partial charge in [0.15, 0.2) is 0 Å². The Morgan fingerprint density at radius 1 is 1.13 bits per heavy atom. The third kappa shape index (κ3) is 3.51. The zero-order valence-corrected chi connectivity index (χ0v) is 10.5. The van der Waals surface area contributed by atoms with Gasteiger partial charge in [-0.1, -0.05) is 40.5 Å². The molecule has 0 unspecified atom stereocenters. The molecule has 0 heterocycles. The van der Waals surface area contributed by atoms with Crippen molar-refractivity contribution in [2.45, 2.75) is 59.4 Å². The molecule has 0 aliphatic heterocycles. The second-order valence-electron chi connectivity index (χ2n) is 5.48. The Hall–Kier alpha value is -0.530. The SMILES string of the molecule is CC(C)C(=O)N[C@@H](C(C)C)C1CCCC1. The number of amides is 1. The van der Waals surface area contributed by atoms with Crippen LogP contribution in [0.2, 0.25) is 0 Å². The zero-order chi connectivity index (χ0) is 11.4. The molecule has 1 amide bonds. The lowest BCUT2D eigenvalue weighted by Gasteiger charge is -2.29. The molecule has 2 heteroatoms. The van der Waals surface area contributed by atoms with Crippen molar-refractivity contribution in [2.24, 2.45) is 17.8 Å². The van der Waals surface area contributed by atoms with Gasteiger partial charge in [0.05, 0.1) is 0 Å². The highest BCUT2D eigenvalue weighted by Gasteiger charge is 2.28. The van der Waals surface area contributed by atoms with E-state index in [0.717, 1.165) is 0 Å². The number of rotatable bonds is 4. The van der Waals surface area contributed by atoms with Crippen LogP contribution in [0.3, 0.4) is 0 Å². The average Bonchev–Trinajstić information content (AvgIpc) is 2.65. The van der Waals surface area contributed by atoms with E-state index in [4.69, 9.17) is 0 Å². The lowest BCUT2D eigenvalue weighted by atomic mass is 9.89. The smallest absolute Gasteiger partial charge is 0.222 e. The number of carbonyl (C=O) groups is 1. The predicted octanol–water partition coefficient (Wildman–Crippen LogP) is 2.97. The topological polar surface area (TPSA) is 29.1 Å². The molecule has 15 heavy (non-hydrogen) atoms. The van der Waals surface area contributed by atoms with Crippen LogP contribution in [0.25, 0.3) is 0 Å². The summed E-state index contributed by atoms with van der Waals surface area (Å²) in [6, 6.07) is 0.391. The normalized spacial score (nSPS) is 19.9. The molecule has 0 spiro atoms. The maximum Gasteiger partial charge on any atom is 0.222 e. The molecule has 1 saturated carbocycles. The standard InChI is InChI=1S/C13H25NO/c1-9(2)12(11-7-5-6-8-11)14-13(15)10(3)4/h9-12H,5-8H2,1-4H3,(H,14,15)/t12-/m0/s1. The van der Waals surface area contributed by atoms with Crippen molar-refractivity contribution < 1.29 is 4.79 Å². The average molecular weight is 211 g/mol. The molecule has 2 nitrogen and oxygen atoms in total. The van der Waals surface area contributed by atoms with Gasteiger partial charge in [0.1, 0.15) is 0 Å². The summed E-state index contributed by atoms with van der Waals surface area (Å²) < 4.78 is 0. The molecule has 0 saturated heterocycles. The number of nitrogens with one attached hydrogen (secondary N) is 1. The Kier molecular flexibility index (Phi) is 4.62. The lowest BCUT2D eigenvalue weighted by Crippen LogP contribution is -2.44. The molecule has 1 fully saturated rings. The molecule has 88 valence electrons. The molecular weight excluding hydrogens is 186 g/mol. The van der Waals surface area contributed by atoms with E-state index in [2.05, 4.69) is 19.2 Å². The fourth-order valence-electron chi connectivity index (χ4n) is 2.48. The summed E-state index contributed by atoms with van der Waals surface area (Å²) >= 11 is 0. The van der Waals surface area contributed by atoms with Crippen LogP contribution in [0.5, 0.6) is 0 Å². The van der Waals surface area contributed by atoms with E-state index in [9.17, 15) is 4.79 Å². The van der Waals surface area contributed by atoms with Crippen molar-refractivity contribution in [2.75, 3.05) is 0 Å². The number of hydrogen-bond acceptors (Lipinski definition) is 1. The quantitative estimate of drug-likeness (QED) is 0.761. The van der Waals surface area contributed by atoms with Crippen LogP contribution in [-0.4, -0.2) is 11.9 Å². The summed E-state index contributed by atoms with van der Waals surface area (Å²) in [5, 5.41) is 3.22. The maximum atomic E-state index is 11.7. The van der Waals surface area contributed by atoms with Crippen LogP contribution in [0.4, 0.5) is 0 Å². The molecule has 0 aromatic heterocycles. The van der Waals surface area contributed by atoms with Gasteiger partial charge in [-0.2, -0.15) is 0 Å². The summed E-state index contributed by atoms with van der Waals surface area (Å²) in [6.45, 7) is 8.34. The largest absolute Gasteiger partial charge is 0.353 e. The van der Waals surface area contributed by atoms with E-state index < -0.39 is 0 Å². The fourth-order valence-corrected chi connectivity index (χ4v) is 2.48. The molecule has 1 aliphatic carbocycles. The van der Waals surface area contributed by atoms with Gasteiger partial charge >= 0.3 is 0 Å². The molecule has 0 aromatic rings. The highest BCUT2D eigenvalue weighted by molar-refractivity contribution is 5.78. The molecule has 1 rings (SSSR count). The first-order valence-electron chi connectivity index (χ1n) is 6.32. The fraction of sp³-hybridized carbons (Fsp3) is 0.923. The van der Waals surface area contributed by atoms with E-state index in [1.165, 1.54) is 25.7 Å². The van der Waals surface area contributed by atoms with Gasteiger partial charge in [-0.3, -0.25) is 4.79 Å². The maximum absolute atomic E-state index is 11.7. The van der Waals surface area contributed by atoms with Crippen molar-refractivity contribution in [3.8, 4) is 0 Å². The first-order chi connectivity index (χ1) is 7.02. The summed E-state index contributed by atoms with van der Waals surface area (Å²) in [5.74, 6) is 1.58. The van der Waals surface area contributed by atoms with Crippen LogP contribution in [0.1, 0.15) is 53.4 Å². The predicted molar refractivity (Wildman–Crippen MR) is 63.6 cm³/mol. The Labute approximate surface area is 93.8 Å². The molecule has 0 radical (unpaired) electrons. The Morgan fingerprint density at radius 2 is 1.67 bits per heavy atom. The zero-order valence-electron chi connectivity index (χ0n) is 10.5. The van der Waals surface area contributed by atoms with Crippen molar-refractivity contribution in [3.63, 3.8) is 0 Å². The van der Waals surface area contributed by atoms with Crippen LogP contribution in [0.15, 0.2) is 0 Å². The van der Waals surface area contributed by atoms with Gasteiger partial charge in [0.25, 0.3) is 0 Å². The Bertz CT molecular complexity index is 205. The van der Waals surface area contributed by atoms with Crippen LogP contribution in [0, 0.1) is 17.8 Å². The van der Waals surface area contributed by atoms with E-state index in [-0.39, 0.29) is 11.8 Å². The lowest BCUT2D eigenvalue weighted by molar-refractivity contribution is -0.125. The first kappa shape index (κ1) is 12.5. The van der Waals surface area contributed by atoms with Gasteiger partial charge in [0, 0.05) is 12.0 Å². The summed E-state index contributed by atoms with van der Waals surface area (Å²) in [4.78, 5) is 11.7. The van der Waals surface area contributed by atoms with E-state index in [0.29, 0.717) is 17.9 Å². The van der Waals surface area contributed by atoms with E-state index >= 15 is 0 Å². The summed E-state index contributed by atoms with van der Waals surface area (Å²) in [6.07, 6.45) is 5.26. The Morgan fingerprint density at radius 3 is 2.07 bits per heavy atom. The summed E-state index contributed by atoms with van der Waals surface area (Å²) in [5.41, 5.74) is 0. The second-order valence-corrected chi connectivity index (χ2v) is 5.48. The van der Waals surface area contributed by atoms with Crippen LogP contribution in [-0.2, 0) is 4.79 Å². The van der Waals surface area contributed by atoms with Crippen molar-refractivity contribution in [1.29, 1.82) is 0 Å². The number of carbonyl (C=O) groups excluding carboxylic acids is 1. The van der Waals surface area contributed by atoms with E-state index in [1.54, 1.807) is 0 Å². The van der Waals surface area contributed by atoms with Crippen molar-refractivity contribution in [1.82, 2.24) is 5.32 Å². The third-order valence-electron chi connectivity index (χ3n) is 3.46. The second kappa shape index (κ2) is 5.53. The van der Waals surface area contributed by atoms with Gasteiger partial charge in [0.2, 0.25) is 5.91 Å². The van der Waals surface area contributed by atoms with Gasteiger partial charge in [-0.05, 0) is 24.7 Å². The van der Waals surface area contributed by atoms with Gasteiger partial charge < -0.3 is 5.32 Å². The minimum Gasteiger partial charge on any atom is -0.353 e. The van der Waals surface area contributed by atoms with Crippen LogP contribution >= 0.6 is 0 Å². The monoisotopic (exact) mass is 211 g/mol. The molecule has 1 atom stereocenters. The minimum atomic E-state index is 0.104. The van der Waals surface area contributed by atoms with Crippen molar-refractivity contribution >= 4 is 5.91 Å². The van der Waals surface area contributed by atoms with Crippen LogP contribution < -0.4 is 5.32 Å². The highest BCUT2D eigenvalue weighted by atomic mass is 16.1. The van der Waals surface area contributed by atoms with Gasteiger partial charge in [-0.15, -0.1) is 0 Å². The molecule has 1 N–H and O–H groups in total. The molecule has 1 aliphatic rings. The van der Waals surface area contributed by atoms with E-state index in [1.807, 2.05) is 13.8 Å². The first-order valence-corrected chi connectivity index (χ1v) is 6.32. The minimum absolute atomic E-state index is 0.104. The molecule has 0 aromatic carbocycles. The Balaban J connectivity index is 2.54. The molecule has 0 bridgehead atoms. The molecular formula is C13H25NO. The van der Waals surface area contributed by atoms with Gasteiger partial charge in [-0.25, -0.2) is 0 Å². The summed E-state index contributed by atoms with van der Waals surface area (Å²) in [7, 11) is 0. The third-order valence-corrected chi connectivity index (χ3v) is 3.46. The van der Waals surface area contributed by atoms with Crippen molar-refractivity contribution in [3.05, 3.63) is 0 Å². The highest BCUT2D eigenvalue weighted by Crippen LogP contribution is 2.30.